The normalized spacial score (nSPS) is 7.70. The highest BCUT2D eigenvalue weighted by Gasteiger charge is 1.90. The molecule has 0 aromatic carbocycles. The molecular weight excluding hydrogens is 129 g/mol. The van der Waals surface area contributed by atoms with Gasteiger partial charge in [0.1, 0.15) is 0 Å². The molecule has 62 valence electrons. The van der Waals surface area contributed by atoms with E-state index < -0.39 is 0 Å². The van der Waals surface area contributed by atoms with Crippen LogP contribution in [0.25, 0.3) is 0 Å². The Morgan fingerprint density at radius 2 is 1.90 bits per heavy atom. The quantitative estimate of drug-likeness (QED) is 0.592. The van der Waals surface area contributed by atoms with Gasteiger partial charge in [0.15, 0.2) is 0 Å². The molecule has 0 amide bonds. The van der Waals surface area contributed by atoms with Crippen LogP contribution < -0.4 is 0 Å². The summed E-state index contributed by atoms with van der Waals surface area (Å²) in [4.78, 5) is 2.15. The SMILES string of the molecule is C=C(C)N(C)CCC.CF. The molecule has 2 heteroatoms. The van der Waals surface area contributed by atoms with Crippen molar-refractivity contribution >= 4 is 0 Å². The van der Waals surface area contributed by atoms with E-state index in [1.54, 1.807) is 0 Å². The van der Waals surface area contributed by atoms with Crippen LogP contribution in [-0.4, -0.2) is 25.7 Å². The fraction of sp³-hybridized carbons (Fsp3) is 0.750. The van der Waals surface area contributed by atoms with Crippen LogP contribution in [0.4, 0.5) is 4.39 Å². The van der Waals surface area contributed by atoms with Crippen molar-refractivity contribution in [2.24, 2.45) is 0 Å². The second-order valence-corrected chi connectivity index (χ2v) is 2.16. The highest BCUT2D eigenvalue weighted by Crippen LogP contribution is 1.95. The van der Waals surface area contributed by atoms with Gasteiger partial charge < -0.3 is 4.90 Å². The van der Waals surface area contributed by atoms with E-state index in [2.05, 4.69) is 25.5 Å². The summed E-state index contributed by atoms with van der Waals surface area (Å²) in [5, 5.41) is 0. The van der Waals surface area contributed by atoms with Gasteiger partial charge in [0.25, 0.3) is 0 Å². The highest BCUT2D eigenvalue weighted by molar-refractivity contribution is 4.85. The fourth-order valence-electron chi connectivity index (χ4n) is 0.526. The molecule has 0 N–H and O–H groups in total. The van der Waals surface area contributed by atoms with Crippen LogP contribution in [0, 0.1) is 0 Å². The van der Waals surface area contributed by atoms with E-state index in [0.717, 1.165) is 12.2 Å². The number of hydrogen-bond acceptors (Lipinski definition) is 1. The molecule has 0 atom stereocenters. The summed E-state index contributed by atoms with van der Waals surface area (Å²) in [7, 11) is 2.56. The lowest BCUT2D eigenvalue weighted by Gasteiger charge is -2.16. The molecule has 0 aliphatic carbocycles. The average molecular weight is 147 g/mol. The molecule has 0 fully saturated rings. The van der Waals surface area contributed by atoms with E-state index in [4.69, 9.17) is 0 Å². The minimum atomic E-state index is 0.500. The number of rotatable bonds is 3. The Hall–Kier alpha value is -0.530. The van der Waals surface area contributed by atoms with Gasteiger partial charge in [-0.25, -0.2) is 0 Å². The van der Waals surface area contributed by atoms with Gasteiger partial charge in [0, 0.05) is 19.3 Å². The third-order valence-electron chi connectivity index (χ3n) is 1.21. The molecule has 0 aromatic heterocycles. The maximum absolute atomic E-state index is 9.50. The number of alkyl halides is 1. The van der Waals surface area contributed by atoms with Crippen LogP contribution >= 0.6 is 0 Å². The van der Waals surface area contributed by atoms with Gasteiger partial charge in [-0.05, 0) is 13.3 Å². The minimum Gasteiger partial charge on any atom is -0.379 e. The second-order valence-electron chi connectivity index (χ2n) is 2.16. The third-order valence-corrected chi connectivity index (χ3v) is 1.21. The van der Waals surface area contributed by atoms with Gasteiger partial charge in [0.2, 0.25) is 0 Å². The highest BCUT2D eigenvalue weighted by atomic mass is 19.1. The molecule has 0 bridgehead atoms. The topological polar surface area (TPSA) is 3.24 Å². The zero-order chi connectivity index (χ0) is 8.57. The molecule has 0 radical (unpaired) electrons. The van der Waals surface area contributed by atoms with Crippen molar-refractivity contribution in [3.05, 3.63) is 12.3 Å². The van der Waals surface area contributed by atoms with E-state index >= 15 is 0 Å². The zero-order valence-corrected chi connectivity index (χ0v) is 7.45. The monoisotopic (exact) mass is 147 g/mol. The van der Waals surface area contributed by atoms with Gasteiger partial charge in [-0.3, -0.25) is 4.39 Å². The Morgan fingerprint density at radius 1 is 1.50 bits per heavy atom. The third kappa shape index (κ3) is 7.47. The van der Waals surface area contributed by atoms with E-state index in [1.165, 1.54) is 6.42 Å². The van der Waals surface area contributed by atoms with Crippen molar-refractivity contribution < 1.29 is 4.39 Å². The predicted molar refractivity (Wildman–Crippen MR) is 44.8 cm³/mol. The molecule has 0 unspecified atom stereocenters. The minimum absolute atomic E-state index is 0.500. The van der Waals surface area contributed by atoms with Crippen LogP contribution in [0.15, 0.2) is 12.3 Å². The lowest BCUT2D eigenvalue weighted by molar-refractivity contribution is 0.420. The first-order valence-corrected chi connectivity index (χ1v) is 3.43. The molecule has 0 heterocycles. The molecule has 0 rings (SSSR count). The molecule has 0 spiro atoms. The van der Waals surface area contributed by atoms with Crippen molar-refractivity contribution in [2.45, 2.75) is 20.3 Å². The van der Waals surface area contributed by atoms with Crippen LogP contribution in [0.2, 0.25) is 0 Å². The van der Waals surface area contributed by atoms with Crippen molar-refractivity contribution in [2.75, 3.05) is 20.8 Å². The molecule has 0 saturated heterocycles. The van der Waals surface area contributed by atoms with E-state index in [9.17, 15) is 4.39 Å². The summed E-state index contributed by atoms with van der Waals surface area (Å²) in [6.07, 6.45) is 1.20. The maximum Gasteiger partial charge on any atom is 0.0785 e. The molecule has 0 aliphatic heterocycles. The van der Waals surface area contributed by atoms with Gasteiger partial charge in [-0.1, -0.05) is 13.5 Å². The Balaban J connectivity index is 0. The molecular formula is C8H18FN. The number of hydrogen-bond donors (Lipinski definition) is 0. The van der Waals surface area contributed by atoms with E-state index in [0.29, 0.717) is 7.18 Å². The first-order chi connectivity index (χ1) is 4.68. The van der Waals surface area contributed by atoms with Crippen LogP contribution in [-0.2, 0) is 0 Å². The molecule has 1 nitrogen and oxygen atoms in total. The van der Waals surface area contributed by atoms with Gasteiger partial charge >= 0.3 is 0 Å². The number of halogens is 1. The summed E-state index contributed by atoms with van der Waals surface area (Å²) in [5.41, 5.74) is 1.15. The first kappa shape index (κ1) is 12.2. The Kier molecular flexibility index (Phi) is 10.3. The van der Waals surface area contributed by atoms with Gasteiger partial charge in [0.05, 0.1) is 7.18 Å². The van der Waals surface area contributed by atoms with Gasteiger partial charge in [-0.2, -0.15) is 0 Å². The lowest BCUT2D eigenvalue weighted by atomic mass is 10.4. The van der Waals surface area contributed by atoms with Crippen LogP contribution in [0.1, 0.15) is 20.3 Å². The van der Waals surface area contributed by atoms with Crippen molar-refractivity contribution in [3.63, 3.8) is 0 Å². The summed E-state index contributed by atoms with van der Waals surface area (Å²) < 4.78 is 9.50. The summed E-state index contributed by atoms with van der Waals surface area (Å²) in [6, 6.07) is 0. The Morgan fingerprint density at radius 3 is 2.00 bits per heavy atom. The van der Waals surface area contributed by atoms with E-state index in [-0.39, 0.29) is 0 Å². The Labute approximate surface area is 63.5 Å². The second kappa shape index (κ2) is 8.47. The molecule has 0 aromatic rings. The summed E-state index contributed by atoms with van der Waals surface area (Å²) >= 11 is 0. The predicted octanol–water partition coefficient (Wildman–Crippen LogP) is 2.45. The lowest BCUT2D eigenvalue weighted by Crippen LogP contribution is -2.15. The molecule has 0 aliphatic rings. The number of nitrogens with zero attached hydrogens (tertiary/aromatic N) is 1. The van der Waals surface area contributed by atoms with E-state index in [1.807, 2.05) is 6.92 Å². The van der Waals surface area contributed by atoms with Gasteiger partial charge in [-0.15, -0.1) is 0 Å². The fourth-order valence-corrected chi connectivity index (χ4v) is 0.526. The standard InChI is InChI=1S/C7H15N.CH3F/c1-5-6-8(4)7(2)3;1-2/h2,5-6H2,1,3-4H3;1H3. The zero-order valence-electron chi connectivity index (χ0n) is 7.45. The van der Waals surface area contributed by atoms with Crippen LogP contribution in [0.5, 0.6) is 0 Å². The Bertz CT molecular complexity index is 81.3. The molecule has 0 saturated carbocycles. The van der Waals surface area contributed by atoms with Crippen LogP contribution in [0.3, 0.4) is 0 Å². The first-order valence-electron chi connectivity index (χ1n) is 3.43. The summed E-state index contributed by atoms with van der Waals surface area (Å²) in [6.45, 7) is 9.11. The van der Waals surface area contributed by atoms with Crippen molar-refractivity contribution in [1.82, 2.24) is 4.90 Å². The number of allylic oxidation sites excluding steroid dienone is 1. The largest absolute Gasteiger partial charge is 0.379 e. The smallest absolute Gasteiger partial charge is 0.0785 e. The summed E-state index contributed by atoms with van der Waals surface area (Å²) in [5.74, 6) is 0. The average Bonchev–Trinajstić information content (AvgIpc) is 1.93. The molecule has 10 heavy (non-hydrogen) atoms. The van der Waals surface area contributed by atoms with Crippen molar-refractivity contribution in [3.8, 4) is 0 Å². The maximum atomic E-state index is 9.50. The van der Waals surface area contributed by atoms with Crippen molar-refractivity contribution in [1.29, 1.82) is 0 Å².